The summed E-state index contributed by atoms with van der Waals surface area (Å²) < 4.78 is 0. The van der Waals surface area contributed by atoms with Crippen LogP contribution in [-0.2, 0) is 11.2 Å². The molecule has 1 amide bonds. The first-order valence-electron chi connectivity index (χ1n) is 7.87. The molecule has 0 aromatic heterocycles. The van der Waals surface area contributed by atoms with Gasteiger partial charge in [0.15, 0.2) is 0 Å². The standard InChI is InChI=1S/C17H23NO2S/c19-9-3-10-21-11-8-18-17(20)16-14-7-6-12-4-1-2-5-13(12)15(14)16/h1-2,4-5,14-16,19H,3,6-11H2,(H,18,20). The Morgan fingerprint density at radius 1 is 1.33 bits per heavy atom. The Bertz CT molecular complexity index is 505. The number of nitrogens with one attached hydrogen (secondary N) is 1. The van der Waals surface area contributed by atoms with E-state index in [0.29, 0.717) is 11.8 Å². The average molecular weight is 305 g/mol. The minimum atomic E-state index is 0.205. The quantitative estimate of drug-likeness (QED) is 0.759. The van der Waals surface area contributed by atoms with Crippen molar-refractivity contribution in [3.63, 3.8) is 0 Å². The number of carbonyl (C=O) groups is 1. The lowest BCUT2D eigenvalue weighted by molar-refractivity contribution is -0.122. The molecule has 3 nitrogen and oxygen atoms in total. The molecule has 0 aliphatic heterocycles. The van der Waals surface area contributed by atoms with E-state index < -0.39 is 0 Å². The van der Waals surface area contributed by atoms with Gasteiger partial charge >= 0.3 is 0 Å². The van der Waals surface area contributed by atoms with Crippen molar-refractivity contribution in [3.05, 3.63) is 35.4 Å². The van der Waals surface area contributed by atoms with Crippen LogP contribution in [0, 0.1) is 11.8 Å². The highest BCUT2D eigenvalue weighted by atomic mass is 32.2. The van der Waals surface area contributed by atoms with Crippen LogP contribution < -0.4 is 5.32 Å². The highest BCUT2D eigenvalue weighted by Crippen LogP contribution is 2.59. The number of carbonyl (C=O) groups excluding carboxylic acids is 1. The number of hydrogen-bond acceptors (Lipinski definition) is 3. The Labute approximate surface area is 130 Å². The molecule has 114 valence electrons. The summed E-state index contributed by atoms with van der Waals surface area (Å²) in [4.78, 5) is 12.3. The molecule has 1 saturated carbocycles. The molecule has 0 bridgehead atoms. The Kier molecular flexibility index (Phi) is 4.86. The maximum atomic E-state index is 12.3. The molecule has 0 saturated heterocycles. The van der Waals surface area contributed by atoms with E-state index in [4.69, 9.17) is 5.11 Å². The van der Waals surface area contributed by atoms with Crippen molar-refractivity contribution >= 4 is 17.7 Å². The van der Waals surface area contributed by atoms with Gasteiger partial charge in [0.2, 0.25) is 5.91 Å². The molecule has 0 radical (unpaired) electrons. The first-order valence-corrected chi connectivity index (χ1v) is 9.02. The predicted octanol–water partition coefficient (Wildman–Crippen LogP) is 2.19. The highest BCUT2D eigenvalue weighted by molar-refractivity contribution is 7.99. The summed E-state index contributed by atoms with van der Waals surface area (Å²) in [6, 6.07) is 8.59. The third-order valence-corrected chi connectivity index (χ3v) is 5.70. The van der Waals surface area contributed by atoms with Crippen molar-refractivity contribution in [3.8, 4) is 0 Å². The summed E-state index contributed by atoms with van der Waals surface area (Å²) in [5.74, 6) is 3.39. The number of benzene rings is 1. The Hall–Kier alpha value is -1.00. The van der Waals surface area contributed by atoms with Gasteiger partial charge in [0.25, 0.3) is 0 Å². The number of thioether (sulfide) groups is 1. The SMILES string of the molecule is O=C(NCCSCCCO)C1C2CCc3ccccc3C21. The summed E-state index contributed by atoms with van der Waals surface area (Å²) in [5.41, 5.74) is 2.85. The van der Waals surface area contributed by atoms with Crippen LogP contribution in [0.5, 0.6) is 0 Å². The van der Waals surface area contributed by atoms with Crippen LogP contribution in [0.3, 0.4) is 0 Å². The van der Waals surface area contributed by atoms with Gasteiger partial charge in [-0.2, -0.15) is 11.8 Å². The molecule has 3 atom stereocenters. The van der Waals surface area contributed by atoms with Crippen molar-refractivity contribution in [2.45, 2.75) is 25.2 Å². The number of fused-ring (bicyclic) bond motifs is 3. The summed E-state index contributed by atoms with van der Waals surface area (Å²) in [5, 5.41) is 11.8. The van der Waals surface area contributed by atoms with Gasteiger partial charge in [0.05, 0.1) is 0 Å². The summed E-state index contributed by atoms with van der Waals surface area (Å²) in [6.07, 6.45) is 3.12. The maximum absolute atomic E-state index is 12.3. The van der Waals surface area contributed by atoms with E-state index in [9.17, 15) is 4.79 Å². The van der Waals surface area contributed by atoms with Gasteiger partial charge < -0.3 is 10.4 Å². The van der Waals surface area contributed by atoms with Gasteiger partial charge in [-0.15, -0.1) is 0 Å². The number of hydrogen-bond donors (Lipinski definition) is 2. The van der Waals surface area contributed by atoms with Gasteiger partial charge in [-0.3, -0.25) is 4.79 Å². The van der Waals surface area contributed by atoms with E-state index in [1.165, 1.54) is 11.1 Å². The number of aryl methyl sites for hydroxylation is 1. The fourth-order valence-electron chi connectivity index (χ4n) is 3.56. The van der Waals surface area contributed by atoms with E-state index in [-0.39, 0.29) is 18.4 Å². The fourth-order valence-corrected chi connectivity index (χ4v) is 4.34. The minimum Gasteiger partial charge on any atom is -0.396 e. The van der Waals surface area contributed by atoms with Crippen molar-refractivity contribution in [1.29, 1.82) is 0 Å². The third kappa shape index (κ3) is 3.27. The van der Waals surface area contributed by atoms with Gasteiger partial charge in [-0.25, -0.2) is 0 Å². The number of aliphatic hydroxyl groups excluding tert-OH is 1. The van der Waals surface area contributed by atoms with E-state index in [1.54, 1.807) is 11.8 Å². The monoisotopic (exact) mass is 305 g/mol. The Balaban J connectivity index is 1.46. The van der Waals surface area contributed by atoms with Crippen LogP contribution in [0.15, 0.2) is 24.3 Å². The molecule has 2 aliphatic rings. The molecule has 0 spiro atoms. The Morgan fingerprint density at radius 2 is 2.19 bits per heavy atom. The van der Waals surface area contributed by atoms with Gasteiger partial charge in [-0.1, -0.05) is 24.3 Å². The van der Waals surface area contributed by atoms with Gasteiger partial charge in [0.1, 0.15) is 0 Å². The number of aliphatic hydroxyl groups is 1. The summed E-state index contributed by atoms with van der Waals surface area (Å²) >= 11 is 1.79. The molecule has 21 heavy (non-hydrogen) atoms. The summed E-state index contributed by atoms with van der Waals surface area (Å²) in [7, 11) is 0. The third-order valence-electron chi connectivity index (χ3n) is 4.62. The van der Waals surface area contributed by atoms with Crippen molar-refractivity contribution < 1.29 is 9.90 Å². The topological polar surface area (TPSA) is 49.3 Å². The van der Waals surface area contributed by atoms with Crippen LogP contribution in [0.25, 0.3) is 0 Å². The van der Waals surface area contributed by atoms with E-state index in [0.717, 1.165) is 37.3 Å². The molecular weight excluding hydrogens is 282 g/mol. The lowest BCUT2D eigenvalue weighted by Crippen LogP contribution is -2.28. The lowest BCUT2D eigenvalue weighted by Gasteiger charge is -2.13. The molecule has 2 N–H and O–H groups in total. The summed E-state index contributed by atoms with van der Waals surface area (Å²) in [6.45, 7) is 0.997. The normalized spacial score (nSPS) is 25.9. The van der Waals surface area contributed by atoms with Crippen LogP contribution in [0.1, 0.15) is 29.9 Å². The number of rotatable bonds is 7. The molecule has 2 aliphatic carbocycles. The molecular formula is C17H23NO2S. The zero-order valence-electron chi connectivity index (χ0n) is 12.3. The molecule has 1 fully saturated rings. The second kappa shape index (κ2) is 6.84. The van der Waals surface area contributed by atoms with E-state index in [2.05, 4.69) is 29.6 Å². The minimum absolute atomic E-state index is 0.205. The van der Waals surface area contributed by atoms with Crippen LogP contribution in [0.4, 0.5) is 0 Å². The van der Waals surface area contributed by atoms with E-state index >= 15 is 0 Å². The lowest BCUT2D eigenvalue weighted by atomic mass is 9.92. The fraction of sp³-hybridized carbons (Fsp3) is 0.588. The number of amides is 1. The highest BCUT2D eigenvalue weighted by Gasteiger charge is 2.56. The molecule has 4 heteroatoms. The zero-order valence-corrected chi connectivity index (χ0v) is 13.1. The van der Waals surface area contributed by atoms with Crippen LogP contribution >= 0.6 is 11.8 Å². The predicted molar refractivity (Wildman–Crippen MR) is 86.5 cm³/mol. The Morgan fingerprint density at radius 3 is 3.05 bits per heavy atom. The van der Waals surface area contributed by atoms with E-state index in [1.807, 2.05) is 0 Å². The molecule has 1 aromatic rings. The van der Waals surface area contributed by atoms with Gasteiger partial charge in [0, 0.05) is 24.8 Å². The maximum Gasteiger partial charge on any atom is 0.224 e. The van der Waals surface area contributed by atoms with Crippen LogP contribution in [-0.4, -0.2) is 35.7 Å². The second-order valence-electron chi connectivity index (χ2n) is 5.93. The molecule has 3 unspecified atom stereocenters. The van der Waals surface area contributed by atoms with Crippen molar-refractivity contribution in [2.24, 2.45) is 11.8 Å². The first-order chi connectivity index (χ1) is 10.3. The smallest absolute Gasteiger partial charge is 0.224 e. The molecule has 3 rings (SSSR count). The van der Waals surface area contributed by atoms with Crippen LogP contribution in [0.2, 0.25) is 0 Å². The van der Waals surface area contributed by atoms with Crippen molar-refractivity contribution in [2.75, 3.05) is 24.7 Å². The first kappa shape index (κ1) is 14.9. The zero-order chi connectivity index (χ0) is 14.7. The average Bonchev–Trinajstić information content (AvgIpc) is 3.25. The van der Waals surface area contributed by atoms with Gasteiger partial charge in [-0.05, 0) is 48.0 Å². The van der Waals surface area contributed by atoms with Crippen molar-refractivity contribution in [1.82, 2.24) is 5.32 Å². The molecule has 1 aromatic carbocycles. The largest absolute Gasteiger partial charge is 0.396 e. The molecule has 0 heterocycles. The second-order valence-corrected chi connectivity index (χ2v) is 7.16.